The third-order valence-electron chi connectivity index (χ3n) is 2.82. The highest BCUT2D eigenvalue weighted by Crippen LogP contribution is 2.20. The summed E-state index contributed by atoms with van der Waals surface area (Å²) < 4.78 is 0. The van der Waals surface area contributed by atoms with Gasteiger partial charge in [-0.25, -0.2) is 0 Å². The molecule has 0 radical (unpaired) electrons. The van der Waals surface area contributed by atoms with Gasteiger partial charge in [-0.3, -0.25) is 21.7 Å². The first-order chi connectivity index (χ1) is 12.5. The average Bonchev–Trinajstić information content (AvgIpc) is 2.62. The Labute approximate surface area is 177 Å². The predicted molar refractivity (Wildman–Crippen MR) is 120 cm³/mol. The van der Waals surface area contributed by atoms with Crippen molar-refractivity contribution in [3.63, 3.8) is 0 Å². The van der Waals surface area contributed by atoms with E-state index in [4.69, 9.17) is 59.9 Å². The lowest BCUT2D eigenvalue weighted by atomic mass is 10.3. The molecule has 0 amide bonds. The van der Waals surface area contributed by atoms with Gasteiger partial charge in [0.25, 0.3) is 0 Å². The molecule has 0 spiro atoms. The van der Waals surface area contributed by atoms with Crippen molar-refractivity contribution in [3.05, 3.63) is 58.6 Å². The quantitative estimate of drug-likeness (QED) is 0.308. The van der Waals surface area contributed by atoms with Crippen LogP contribution in [0.3, 0.4) is 0 Å². The zero-order valence-corrected chi connectivity index (χ0v) is 17.1. The van der Waals surface area contributed by atoms with E-state index in [1.807, 2.05) is 24.3 Å². The number of benzene rings is 2. The molecule has 6 N–H and O–H groups in total. The van der Waals surface area contributed by atoms with Crippen LogP contribution in [0.4, 0.5) is 11.4 Å². The molecule has 0 aliphatic heterocycles. The van der Waals surface area contributed by atoms with Crippen LogP contribution in [0.1, 0.15) is 0 Å². The maximum Gasteiger partial charge on any atom is 0.204 e. The van der Waals surface area contributed by atoms with Gasteiger partial charge >= 0.3 is 0 Å². The Morgan fingerprint density at radius 1 is 0.577 bits per heavy atom. The van der Waals surface area contributed by atoms with E-state index in [2.05, 4.69) is 32.3 Å². The van der Waals surface area contributed by atoms with E-state index in [1.54, 1.807) is 24.3 Å². The Balaban J connectivity index is 1.70. The molecule has 0 bridgehead atoms. The zero-order chi connectivity index (χ0) is 18.9. The molecule has 0 aromatic heterocycles. The standard InChI is InChI=1S/C15H14Cl2N6S3/c16-9-5-1-3-7-11(9)18-13(24)20-22-15(26)23-21-14(25)19-12-8-4-2-6-10(12)17/h1-8H,(H2,18,20,24)(H2,19,21,25)(H2,22,23,26). The summed E-state index contributed by atoms with van der Waals surface area (Å²) >= 11 is 27.5. The number of hydrogen-bond donors (Lipinski definition) is 6. The maximum absolute atomic E-state index is 6.04. The van der Waals surface area contributed by atoms with Crippen LogP contribution in [0.5, 0.6) is 0 Å². The fraction of sp³-hybridized carbons (Fsp3) is 0. The Morgan fingerprint density at radius 2 is 0.923 bits per heavy atom. The third-order valence-corrected chi connectivity index (χ3v) is 4.09. The lowest BCUT2D eigenvalue weighted by Gasteiger charge is -2.16. The van der Waals surface area contributed by atoms with E-state index >= 15 is 0 Å². The molecule has 0 heterocycles. The summed E-state index contributed by atoms with van der Waals surface area (Å²) in [5.74, 6) is 0. The molecule has 26 heavy (non-hydrogen) atoms. The summed E-state index contributed by atoms with van der Waals surface area (Å²) in [4.78, 5) is 0. The Hall–Kier alpha value is -1.91. The van der Waals surface area contributed by atoms with Crippen molar-refractivity contribution < 1.29 is 0 Å². The van der Waals surface area contributed by atoms with E-state index < -0.39 is 0 Å². The molecule has 0 unspecified atom stereocenters. The predicted octanol–water partition coefficient (Wildman–Crippen LogP) is 3.56. The van der Waals surface area contributed by atoms with Crippen LogP contribution in [0, 0.1) is 0 Å². The van der Waals surface area contributed by atoms with Gasteiger partial charge in [-0.2, -0.15) is 0 Å². The van der Waals surface area contributed by atoms with E-state index in [0.29, 0.717) is 31.6 Å². The summed E-state index contributed by atoms with van der Waals surface area (Å²) in [6.45, 7) is 0. The molecule has 0 saturated carbocycles. The fourth-order valence-electron chi connectivity index (χ4n) is 1.69. The van der Waals surface area contributed by atoms with Crippen molar-refractivity contribution >= 4 is 86.6 Å². The molecule has 136 valence electrons. The van der Waals surface area contributed by atoms with Gasteiger partial charge in [0, 0.05) is 0 Å². The topological polar surface area (TPSA) is 72.2 Å². The van der Waals surface area contributed by atoms with Gasteiger partial charge in [-0.15, -0.1) is 0 Å². The number of thiocarbonyl (C=S) groups is 3. The first-order valence-corrected chi connectivity index (χ1v) is 9.13. The minimum Gasteiger partial charge on any atom is -0.330 e. The van der Waals surface area contributed by atoms with E-state index in [1.165, 1.54) is 0 Å². The van der Waals surface area contributed by atoms with Crippen LogP contribution in [0.15, 0.2) is 48.5 Å². The highest BCUT2D eigenvalue weighted by Gasteiger charge is 2.04. The Morgan fingerprint density at radius 3 is 1.31 bits per heavy atom. The van der Waals surface area contributed by atoms with Crippen LogP contribution in [-0.4, -0.2) is 15.3 Å². The summed E-state index contributed by atoms with van der Waals surface area (Å²) in [7, 11) is 0. The maximum atomic E-state index is 6.04. The smallest absolute Gasteiger partial charge is 0.204 e. The second-order valence-corrected chi connectivity index (χ2v) is 6.74. The summed E-state index contributed by atoms with van der Waals surface area (Å²) in [6, 6.07) is 14.4. The monoisotopic (exact) mass is 444 g/mol. The van der Waals surface area contributed by atoms with Crippen LogP contribution in [-0.2, 0) is 0 Å². The Bertz CT molecular complexity index is 752. The molecule has 0 saturated heterocycles. The fourth-order valence-corrected chi connectivity index (χ4v) is 2.48. The first kappa shape index (κ1) is 20.4. The van der Waals surface area contributed by atoms with Crippen molar-refractivity contribution in [1.82, 2.24) is 21.7 Å². The number of anilines is 2. The molecule has 2 aromatic carbocycles. The molecule has 0 atom stereocenters. The van der Waals surface area contributed by atoms with Crippen molar-refractivity contribution in [2.45, 2.75) is 0 Å². The van der Waals surface area contributed by atoms with E-state index in [9.17, 15) is 0 Å². The van der Waals surface area contributed by atoms with Crippen LogP contribution in [0.2, 0.25) is 10.0 Å². The number of hydrogen-bond acceptors (Lipinski definition) is 3. The molecule has 0 fully saturated rings. The number of para-hydroxylation sites is 2. The lowest BCUT2D eigenvalue weighted by Crippen LogP contribution is -2.53. The highest BCUT2D eigenvalue weighted by atomic mass is 35.5. The van der Waals surface area contributed by atoms with Gasteiger partial charge in [-0.05, 0) is 60.9 Å². The lowest BCUT2D eigenvalue weighted by molar-refractivity contribution is 0.788. The molecule has 2 rings (SSSR count). The average molecular weight is 445 g/mol. The highest BCUT2D eigenvalue weighted by molar-refractivity contribution is 7.81. The van der Waals surface area contributed by atoms with Gasteiger partial charge < -0.3 is 10.6 Å². The van der Waals surface area contributed by atoms with Crippen LogP contribution < -0.4 is 32.3 Å². The second-order valence-electron chi connectivity index (χ2n) is 4.70. The van der Waals surface area contributed by atoms with E-state index in [0.717, 1.165) is 0 Å². The van der Waals surface area contributed by atoms with Crippen molar-refractivity contribution in [2.24, 2.45) is 0 Å². The largest absolute Gasteiger partial charge is 0.330 e. The number of nitrogens with one attached hydrogen (secondary N) is 6. The molecule has 6 nitrogen and oxygen atoms in total. The van der Waals surface area contributed by atoms with Gasteiger partial charge in [0.2, 0.25) is 5.11 Å². The van der Waals surface area contributed by atoms with Gasteiger partial charge in [0.15, 0.2) is 10.2 Å². The second kappa shape index (κ2) is 10.3. The summed E-state index contributed by atoms with van der Waals surface area (Å²) in [5.41, 5.74) is 12.2. The minimum atomic E-state index is 0.219. The number of rotatable bonds is 2. The van der Waals surface area contributed by atoms with Crippen molar-refractivity contribution in [3.8, 4) is 0 Å². The third kappa shape index (κ3) is 6.77. The van der Waals surface area contributed by atoms with Gasteiger partial charge in [0.05, 0.1) is 21.4 Å². The molecule has 0 aliphatic carbocycles. The van der Waals surface area contributed by atoms with Crippen molar-refractivity contribution in [2.75, 3.05) is 10.6 Å². The number of hydrazine groups is 2. The minimum absolute atomic E-state index is 0.219. The first-order valence-electron chi connectivity index (χ1n) is 7.15. The Kier molecular flexibility index (Phi) is 8.07. The molecular weight excluding hydrogens is 431 g/mol. The summed E-state index contributed by atoms with van der Waals surface area (Å²) in [5, 5.41) is 7.77. The normalized spacial score (nSPS) is 9.62. The van der Waals surface area contributed by atoms with Crippen LogP contribution in [0.25, 0.3) is 0 Å². The number of halogens is 2. The zero-order valence-electron chi connectivity index (χ0n) is 13.1. The SMILES string of the molecule is S=C(NNC(=S)Nc1ccccc1Cl)NNC(=S)Nc1ccccc1Cl. The molecule has 11 heteroatoms. The van der Waals surface area contributed by atoms with Gasteiger partial charge in [0.1, 0.15) is 0 Å². The molecule has 0 aliphatic rings. The van der Waals surface area contributed by atoms with Crippen molar-refractivity contribution in [1.29, 1.82) is 0 Å². The van der Waals surface area contributed by atoms with Crippen LogP contribution >= 0.6 is 59.9 Å². The molecule has 2 aromatic rings. The summed E-state index contributed by atoms with van der Waals surface area (Å²) in [6.07, 6.45) is 0. The van der Waals surface area contributed by atoms with E-state index in [-0.39, 0.29) is 5.11 Å². The van der Waals surface area contributed by atoms with Gasteiger partial charge in [-0.1, -0.05) is 47.5 Å². The molecular formula is C15H14Cl2N6S3.